The molecule has 0 saturated carbocycles. The minimum absolute atomic E-state index is 0.0420. The van der Waals surface area contributed by atoms with Crippen molar-refractivity contribution < 1.29 is 0 Å². The van der Waals surface area contributed by atoms with Crippen LogP contribution in [0, 0.1) is 0 Å². The van der Waals surface area contributed by atoms with Gasteiger partial charge in [0, 0.05) is 54.9 Å². The Morgan fingerprint density at radius 1 is 0.333 bits per heavy atom. The molecule has 0 N–H and O–H groups in total. The Kier molecular flexibility index (Phi) is 6.89. The van der Waals surface area contributed by atoms with Crippen LogP contribution in [0.15, 0.2) is 121 Å². The van der Waals surface area contributed by atoms with Crippen LogP contribution < -0.4 is 0 Å². The summed E-state index contributed by atoms with van der Waals surface area (Å²) in [5.41, 5.74) is 12.1. The van der Waals surface area contributed by atoms with Crippen LogP contribution in [0.2, 0.25) is 0 Å². The van der Waals surface area contributed by atoms with Gasteiger partial charge in [-0.05, 0) is 47.5 Å². The van der Waals surface area contributed by atoms with Gasteiger partial charge in [-0.25, -0.2) is 19.9 Å². The van der Waals surface area contributed by atoms with Crippen LogP contribution in [0.5, 0.6) is 0 Å². The van der Waals surface area contributed by atoms with E-state index in [0.29, 0.717) is 0 Å². The van der Waals surface area contributed by atoms with Gasteiger partial charge in [-0.1, -0.05) is 126 Å². The second-order valence-corrected chi connectivity index (χ2v) is 14.9. The van der Waals surface area contributed by atoms with Crippen molar-refractivity contribution in [2.24, 2.45) is 0 Å². The predicted molar refractivity (Wildman–Crippen MR) is 201 cm³/mol. The predicted octanol–water partition coefficient (Wildman–Crippen LogP) is 11.5. The molecule has 4 heterocycles. The van der Waals surface area contributed by atoms with E-state index in [1.165, 1.54) is 0 Å². The summed E-state index contributed by atoms with van der Waals surface area (Å²) >= 11 is 0. The number of rotatable bonds is 3. The van der Waals surface area contributed by atoms with Gasteiger partial charge in [0.25, 0.3) is 0 Å². The average Bonchev–Trinajstić information content (AvgIpc) is 3.10. The first-order chi connectivity index (χ1) is 23.0. The Balaban J connectivity index is 1.19. The molecule has 4 aromatic carbocycles. The highest BCUT2D eigenvalue weighted by atomic mass is 14.8. The summed E-state index contributed by atoms with van der Waals surface area (Å²) in [6.45, 7) is 13.2. The molecule has 0 fully saturated rings. The Morgan fingerprint density at radius 2 is 0.646 bits per heavy atom. The highest BCUT2D eigenvalue weighted by Crippen LogP contribution is 2.33. The lowest BCUT2D eigenvalue weighted by molar-refractivity contribution is 0.571. The molecule has 234 valence electrons. The highest BCUT2D eigenvalue weighted by Gasteiger charge is 2.18. The monoisotopic (exact) mass is 622 g/mol. The lowest BCUT2D eigenvalue weighted by atomic mass is 9.91. The Hall–Kier alpha value is -5.48. The quantitative estimate of drug-likeness (QED) is 0.184. The lowest BCUT2D eigenvalue weighted by Crippen LogP contribution is -2.13. The smallest absolute Gasteiger partial charge is 0.0972 e. The molecule has 0 amide bonds. The Labute approximate surface area is 281 Å². The summed E-state index contributed by atoms with van der Waals surface area (Å²) in [5.74, 6) is 0. The topological polar surface area (TPSA) is 51.6 Å². The molecular weight excluding hydrogens is 585 g/mol. The molecule has 4 aromatic heterocycles. The summed E-state index contributed by atoms with van der Waals surface area (Å²) in [6, 6.07) is 42.9. The maximum atomic E-state index is 5.19. The molecule has 0 radical (unpaired) electrons. The van der Waals surface area contributed by atoms with E-state index < -0.39 is 0 Å². The van der Waals surface area contributed by atoms with Gasteiger partial charge in [0.1, 0.15) is 0 Å². The number of aromatic nitrogens is 4. The van der Waals surface area contributed by atoms with Gasteiger partial charge in [-0.15, -0.1) is 0 Å². The van der Waals surface area contributed by atoms with E-state index in [0.717, 1.165) is 88.6 Å². The minimum Gasteiger partial charge on any atom is -0.250 e. The zero-order chi connectivity index (χ0) is 33.2. The molecule has 0 bridgehead atoms. The fraction of sp³-hybridized carbons (Fsp3) is 0.182. The summed E-state index contributed by atoms with van der Waals surface area (Å²) < 4.78 is 0. The number of fused-ring (bicyclic) bond motifs is 6. The van der Waals surface area contributed by atoms with Crippen molar-refractivity contribution in [1.82, 2.24) is 19.9 Å². The Morgan fingerprint density at radius 3 is 1.02 bits per heavy atom. The third-order valence-electron chi connectivity index (χ3n) is 9.23. The van der Waals surface area contributed by atoms with Crippen LogP contribution >= 0.6 is 0 Å². The maximum absolute atomic E-state index is 5.19. The fourth-order valence-corrected chi connectivity index (χ4v) is 6.41. The molecule has 0 unspecified atom stereocenters. The average molecular weight is 623 g/mol. The molecule has 4 nitrogen and oxygen atoms in total. The molecular formula is C44H38N4. The molecule has 8 aromatic rings. The van der Waals surface area contributed by atoms with Crippen molar-refractivity contribution in [2.75, 3.05) is 0 Å². The van der Waals surface area contributed by atoms with Gasteiger partial charge in [0.05, 0.1) is 33.5 Å². The molecule has 48 heavy (non-hydrogen) atoms. The number of pyridine rings is 4. The van der Waals surface area contributed by atoms with E-state index in [-0.39, 0.29) is 10.8 Å². The van der Waals surface area contributed by atoms with Gasteiger partial charge in [0.2, 0.25) is 0 Å². The van der Waals surface area contributed by atoms with E-state index >= 15 is 0 Å². The zero-order valence-corrected chi connectivity index (χ0v) is 28.3. The van der Waals surface area contributed by atoms with Gasteiger partial charge < -0.3 is 0 Å². The van der Waals surface area contributed by atoms with Crippen LogP contribution in [0.3, 0.4) is 0 Å². The highest BCUT2D eigenvalue weighted by molar-refractivity contribution is 6.04. The minimum atomic E-state index is -0.0420. The fourth-order valence-electron chi connectivity index (χ4n) is 6.41. The normalized spacial score (nSPS) is 12.4. The third kappa shape index (κ3) is 5.37. The van der Waals surface area contributed by atoms with Gasteiger partial charge in [-0.2, -0.15) is 0 Å². The molecule has 0 atom stereocenters. The molecule has 0 spiro atoms. The van der Waals surface area contributed by atoms with Crippen molar-refractivity contribution in [1.29, 1.82) is 0 Å². The van der Waals surface area contributed by atoms with Crippen molar-refractivity contribution in [3.8, 4) is 33.6 Å². The third-order valence-corrected chi connectivity index (χ3v) is 9.23. The molecule has 0 aliphatic heterocycles. The number of hydrogen-bond acceptors (Lipinski definition) is 4. The summed E-state index contributed by atoms with van der Waals surface area (Å²) in [7, 11) is 0. The molecule has 4 heteroatoms. The second kappa shape index (κ2) is 11.1. The van der Waals surface area contributed by atoms with Crippen LogP contribution in [0.1, 0.15) is 52.9 Å². The molecule has 0 saturated heterocycles. The van der Waals surface area contributed by atoms with Crippen molar-refractivity contribution in [3.05, 3.63) is 133 Å². The Bertz CT molecular complexity index is 2350. The summed E-state index contributed by atoms with van der Waals surface area (Å²) in [5, 5.41) is 4.39. The van der Waals surface area contributed by atoms with Crippen LogP contribution in [-0.4, -0.2) is 19.9 Å². The van der Waals surface area contributed by atoms with Crippen molar-refractivity contribution in [2.45, 2.75) is 52.4 Å². The first kappa shape index (κ1) is 29.9. The standard InChI is InChI=1S/C44H38N4/c1-43(2,3)37-23-19-29-15-13-27-17-21-35(45-39(27)41(29)47-37)33-11-7-9-31(25-33)32-10-8-12-34(26-32)36-22-18-28-14-16-30-20-24-38(44(4,5)6)48-42(30)40(28)46-36/h7-26H,1-6H3. The maximum Gasteiger partial charge on any atom is 0.0972 e. The van der Waals surface area contributed by atoms with Gasteiger partial charge in [0.15, 0.2) is 0 Å². The summed E-state index contributed by atoms with van der Waals surface area (Å²) in [4.78, 5) is 20.6. The summed E-state index contributed by atoms with van der Waals surface area (Å²) in [6.07, 6.45) is 0. The van der Waals surface area contributed by atoms with Gasteiger partial charge >= 0.3 is 0 Å². The molecule has 0 aliphatic rings. The van der Waals surface area contributed by atoms with Crippen LogP contribution in [0.4, 0.5) is 0 Å². The van der Waals surface area contributed by atoms with Crippen LogP contribution in [-0.2, 0) is 10.8 Å². The second-order valence-electron chi connectivity index (χ2n) is 14.9. The largest absolute Gasteiger partial charge is 0.250 e. The zero-order valence-electron chi connectivity index (χ0n) is 28.3. The van der Waals surface area contributed by atoms with E-state index in [2.05, 4.69) is 163 Å². The number of nitrogens with zero attached hydrogens (tertiary/aromatic N) is 4. The SMILES string of the molecule is CC(C)(C)c1ccc2ccc3ccc(-c4cccc(-c5cccc(-c6ccc7ccc8ccc(C(C)(C)C)nc8c7n6)c5)c4)nc3c2n1. The number of hydrogen-bond donors (Lipinski definition) is 0. The first-order valence-electron chi connectivity index (χ1n) is 16.6. The van der Waals surface area contributed by atoms with Crippen molar-refractivity contribution >= 4 is 43.6 Å². The van der Waals surface area contributed by atoms with E-state index in [1.807, 2.05) is 0 Å². The molecule has 0 aliphatic carbocycles. The molecule has 8 rings (SSSR count). The van der Waals surface area contributed by atoms with Crippen LogP contribution in [0.25, 0.3) is 77.3 Å². The van der Waals surface area contributed by atoms with E-state index in [1.54, 1.807) is 0 Å². The number of benzene rings is 4. The van der Waals surface area contributed by atoms with E-state index in [4.69, 9.17) is 19.9 Å². The van der Waals surface area contributed by atoms with Crippen molar-refractivity contribution in [3.63, 3.8) is 0 Å². The van der Waals surface area contributed by atoms with Gasteiger partial charge in [-0.3, -0.25) is 0 Å². The first-order valence-corrected chi connectivity index (χ1v) is 16.6. The lowest BCUT2D eigenvalue weighted by Gasteiger charge is -2.18. The van der Waals surface area contributed by atoms with E-state index in [9.17, 15) is 0 Å².